The molecule has 5 nitrogen and oxygen atoms in total. The summed E-state index contributed by atoms with van der Waals surface area (Å²) in [4.78, 5) is 11.0. The van der Waals surface area contributed by atoms with Crippen LogP contribution in [0.25, 0.3) is 0 Å². The maximum Gasteiger partial charge on any atom is 0.336 e. The molecule has 1 saturated carbocycles. The molecule has 1 aromatic heterocycles. The van der Waals surface area contributed by atoms with Crippen LogP contribution < -0.4 is 4.31 Å². The normalized spacial score (nSPS) is 18.5. The summed E-state index contributed by atoms with van der Waals surface area (Å²) in [6, 6.07) is 8.83. The third-order valence-electron chi connectivity index (χ3n) is 4.41. The van der Waals surface area contributed by atoms with Gasteiger partial charge in [-0.1, -0.05) is 18.2 Å². The van der Waals surface area contributed by atoms with Crippen molar-refractivity contribution in [2.24, 2.45) is 0 Å². The number of carboxylic acids is 1. The number of carboxylic acid groups (broad SMARTS) is 1. The molecular formula is C15H13NO4S2. The maximum absolute atomic E-state index is 12.9. The van der Waals surface area contributed by atoms with Crippen LogP contribution in [0.4, 0.5) is 5.69 Å². The summed E-state index contributed by atoms with van der Waals surface area (Å²) in [5, 5.41) is 10.3. The van der Waals surface area contributed by atoms with Gasteiger partial charge in [-0.3, -0.25) is 4.31 Å². The standard InChI is InChI=1S/C15H13NO4S2/c17-14(18)10-7-13(21-8-10)22(19,20)16-9-15(5-6-15)11-3-1-2-4-12(11)16/h1-4,7-8H,5-6,9H2,(H,17,18). The van der Waals surface area contributed by atoms with Crippen LogP contribution >= 0.6 is 11.3 Å². The van der Waals surface area contributed by atoms with E-state index < -0.39 is 16.0 Å². The Morgan fingerprint density at radius 3 is 2.64 bits per heavy atom. The second-order valence-electron chi connectivity index (χ2n) is 5.77. The molecule has 0 amide bonds. The van der Waals surface area contributed by atoms with E-state index in [2.05, 4.69) is 0 Å². The zero-order valence-electron chi connectivity index (χ0n) is 11.5. The average Bonchev–Trinajstić information content (AvgIpc) is 2.96. The third kappa shape index (κ3) is 1.82. The molecule has 114 valence electrons. The summed E-state index contributed by atoms with van der Waals surface area (Å²) in [5.41, 5.74) is 1.80. The van der Waals surface area contributed by atoms with E-state index in [0.717, 1.165) is 35.4 Å². The van der Waals surface area contributed by atoms with E-state index in [9.17, 15) is 13.2 Å². The van der Waals surface area contributed by atoms with E-state index >= 15 is 0 Å². The predicted molar refractivity (Wildman–Crippen MR) is 83.2 cm³/mol. The molecule has 22 heavy (non-hydrogen) atoms. The molecule has 0 saturated heterocycles. The number of rotatable bonds is 3. The van der Waals surface area contributed by atoms with Gasteiger partial charge in [-0.15, -0.1) is 11.3 Å². The Kier molecular flexibility index (Phi) is 2.71. The molecule has 2 heterocycles. The van der Waals surface area contributed by atoms with Crippen LogP contribution in [0.1, 0.15) is 28.8 Å². The molecule has 2 aliphatic rings. The minimum atomic E-state index is -3.71. The monoisotopic (exact) mass is 335 g/mol. The number of aromatic carboxylic acids is 1. The molecule has 0 atom stereocenters. The summed E-state index contributed by atoms with van der Waals surface area (Å²) >= 11 is 0.956. The van der Waals surface area contributed by atoms with Gasteiger partial charge in [0.2, 0.25) is 0 Å². The topological polar surface area (TPSA) is 74.7 Å². The first kappa shape index (κ1) is 13.8. The number of nitrogens with zero attached hydrogens (tertiary/aromatic N) is 1. The van der Waals surface area contributed by atoms with Gasteiger partial charge in [-0.25, -0.2) is 13.2 Å². The van der Waals surface area contributed by atoms with Gasteiger partial charge in [0.05, 0.1) is 11.3 Å². The molecule has 1 spiro atoms. The number of anilines is 1. The largest absolute Gasteiger partial charge is 0.478 e. The molecule has 4 rings (SSSR count). The highest BCUT2D eigenvalue weighted by Crippen LogP contribution is 2.57. The minimum absolute atomic E-state index is 0.0113. The van der Waals surface area contributed by atoms with Gasteiger partial charge >= 0.3 is 5.97 Å². The number of hydrogen-bond acceptors (Lipinski definition) is 4. The number of carbonyl (C=O) groups is 1. The molecule has 1 aliphatic carbocycles. The van der Waals surface area contributed by atoms with Crippen molar-refractivity contribution in [2.45, 2.75) is 22.5 Å². The van der Waals surface area contributed by atoms with Gasteiger partial charge in [0.15, 0.2) is 0 Å². The fourth-order valence-corrected chi connectivity index (χ4v) is 5.89. The van der Waals surface area contributed by atoms with Crippen LogP contribution in [0.2, 0.25) is 0 Å². The van der Waals surface area contributed by atoms with Crippen molar-refractivity contribution in [1.29, 1.82) is 0 Å². The average molecular weight is 335 g/mol. The molecule has 1 aromatic carbocycles. The predicted octanol–water partition coefficient (Wildman–Crippen LogP) is 2.69. The third-order valence-corrected chi connectivity index (χ3v) is 7.59. The highest BCUT2D eigenvalue weighted by molar-refractivity contribution is 7.94. The molecule has 0 bridgehead atoms. The fraction of sp³-hybridized carbons (Fsp3) is 0.267. The molecule has 2 aromatic rings. The van der Waals surface area contributed by atoms with Crippen LogP contribution in [-0.2, 0) is 15.4 Å². The second kappa shape index (κ2) is 4.33. The minimum Gasteiger partial charge on any atom is -0.478 e. The van der Waals surface area contributed by atoms with Crippen LogP contribution in [0.15, 0.2) is 39.9 Å². The number of para-hydroxylation sites is 1. The van der Waals surface area contributed by atoms with E-state index in [-0.39, 0.29) is 15.2 Å². The highest BCUT2D eigenvalue weighted by atomic mass is 32.2. The van der Waals surface area contributed by atoms with Gasteiger partial charge in [-0.2, -0.15) is 0 Å². The number of benzene rings is 1. The lowest BCUT2D eigenvalue weighted by Gasteiger charge is -2.18. The number of fused-ring (bicyclic) bond motifs is 2. The highest BCUT2D eigenvalue weighted by Gasteiger charge is 2.54. The lowest BCUT2D eigenvalue weighted by atomic mass is 9.99. The first-order valence-electron chi connectivity index (χ1n) is 6.88. The lowest BCUT2D eigenvalue weighted by molar-refractivity contribution is 0.0697. The van der Waals surface area contributed by atoms with Gasteiger partial charge in [-0.05, 0) is 30.5 Å². The van der Waals surface area contributed by atoms with E-state index in [0.29, 0.717) is 6.54 Å². The fourth-order valence-electron chi connectivity index (χ4n) is 3.05. The van der Waals surface area contributed by atoms with Crippen LogP contribution in [0, 0.1) is 0 Å². The van der Waals surface area contributed by atoms with Gasteiger partial charge < -0.3 is 5.11 Å². The van der Waals surface area contributed by atoms with Crippen LogP contribution in [0.5, 0.6) is 0 Å². The first-order chi connectivity index (χ1) is 10.4. The Morgan fingerprint density at radius 1 is 1.27 bits per heavy atom. The zero-order chi connectivity index (χ0) is 15.5. The smallest absolute Gasteiger partial charge is 0.336 e. The Balaban J connectivity index is 1.80. The van der Waals surface area contributed by atoms with Gasteiger partial charge in [0.25, 0.3) is 10.0 Å². The maximum atomic E-state index is 12.9. The molecule has 0 unspecified atom stereocenters. The first-order valence-corrected chi connectivity index (χ1v) is 9.20. The molecule has 0 radical (unpaired) electrons. The number of hydrogen-bond donors (Lipinski definition) is 1. The van der Waals surface area contributed by atoms with Crippen LogP contribution in [0.3, 0.4) is 0 Å². The summed E-state index contributed by atoms with van der Waals surface area (Å²) in [6.07, 6.45) is 2.00. The zero-order valence-corrected chi connectivity index (χ0v) is 13.2. The van der Waals surface area contributed by atoms with Crippen molar-refractivity contribution in [3.63, 3.8) is 0 Å². The Bertz CT molecular complexity index is 880. The SMILES string of the molecule is O=C(O)c1csc(S(=O)(=O)N2CC3(CC3)c3ccccc32)c1. The van der Waals surface area contributed by atoms with Crippen molar-refractivity contribution < 1.29 is 18.3 Å². The second-order valence-corrected chi connectivity index (χ2v) is 8.77. The van der Waals surface area contributed by atoms with E-state index in [4.69, 9.17) is 5.11 Å². The summed E-state index contributed by atoms with van der Waals surface area (Å²) in [6.45, 7) is 0.453. The quantitative estimate of drug-likeness (QED) is 0.936. The van der Waals surface area contributed by atoms with E-state index in [1.807, 2.05) is 24.3 Å². The van der Waals surface area contributed by atoms with Gasteiger partial charge in [0.1, 0.15) is 4.21 Å². The van der Waals surface area contributed by atoms with Crippen molar-refractivity contribution in [3.05, 3.63) is 46.8 Å². The van der Waals surface area contributed by atoms with Crippen molar-refractivity contribution in [3.8, 4) is 0 Å². The number of thiophene rings is 1. The molecular weight excluding hydrogens is 322 g/mol. The van der Waals surface area contributed by atoms with Crippen molar-refractivity contribution >= 4 is 33.0 Å². The van der Waals surface area contributed by atoms with Crippen molar-refractivity contribution in [2.75, 3.05) is 10.8 Å². The molecule has 1 N–H and O–H groups in total. The van der Waals surface area contributed by atoms with E-state index in [1.165, 1.54) is 15.8 Å². The Hall–Kier alpha value is -1.86. The molecule has 1 aliphatic heterocycles. The van der Waals surface area contributed by atoms with Crippen molar-refractivity contribution in [1.82, 2.24) is 0 Å². The summed E-state index contributed by atoms with van der Waals surface area (Å²) in [7, 11) is -3.71. The Morgan fingerprint density at radius 2 is 2.00 bits per heavy atom. The van der Waals surface area contributed by atoms with E-state index in [1.54, 1.807) is 0 Å². The molecule has 1 fully saturated rings. The Labute approximate surface area is 131 Å². The van der Waals surface area contributed by atoms with Crippen LogP contribution in [-0.4, -0.2) is 26.0 Å². The molecule has 7 heteroatoms. The summed E-state index contributed by atoms with van der Waals surface area (Å²) in [5.74, 6) is -1.11. The lowest BCUT2D eigenvalue weighted by Crippen LogP contribution is -2.31. The summed E-state index contributed by atoms with van der Waals surface area (Å²) < 4.78 is 27.3. The number of sulfonamides is 1. The van der Waals surface area contributed by atoms with Gasteiger partial charge in [0, 0.05) is 17.3 Å².